The monoisotopic (exact) mass is 432 g/mol. The number of nitrogens with one attached hydrogen (secondary N) is 1. The molecule has 2 atom stereocenters. The van der Waals surface area contributed by atoms with Crippen molar-refractivity contribution in [1.82, 2.24) is 10.3 Å². The van der Waals surface area contributed by atoms with Crippen molar-refractivity contribution in [2.45, 2.75) is 44.5 Å². The first-order valence-corrected chi connectivity index (χ1v) is 9.98. The first-order valence-electron chi connectivity index (χ1n) is 9.98. The Morgan fingerprint density at radius 1 is 1.32 bits per heavy atom. The summed E-state index contributed by atoms with van der Waals surface area (Å²) < 4.78 is 44.7. The zero-order valence-corrected chi connectivity index (χ0v) is 17.0. The fraction of sp³-hybridized carbons (Fsp3) is 0.409. The molecule has 31 heavy (non-hydrogen) atoms. The predicted molar refractivity (Wildman–Crippen MR) is 108 cm³/mol. The molecule has 3 rings (SSSR count). The van der Waals surface area contributed by atoms with Gasteiger partial charge in [-0.2, -0.15) is 18.4 Å². The largest absolute Gasteiger partial charge is 0.489 e. The Bertz CT molecular complexity index is 941. The van der Waals surface area contributed by atoms with Gasteiger partial charge in [-0.15, -0.1) is 0 Å². The van der Waals surface area contributed by atoms with Crippen LogP contribution in [-0.2, 0) is 11.0 Å². The van der Waals surface area contributed by atoms with Crippen LogP contribution in [0.5, 0.6) is 5.75 Å². The Hall–Kier alpha value is -3.28. The lowest BCUT2D eigenvalue weighted by molar-refractivity contribution is -0.141. The van der Waals surface area contributed by atoms with Crippen LogP contribution in [0.1, 0.15) is 43.5 Å². The number of pyridine rings is 1. The van der Waals surface area contributed by atoms with E-state index < -0.39 is 11.9 Å². The first kappa shape index (κ1) is 22.4. The number of carbonyl (C=O) groups excluding carboxylic acids is 1. The van der Waals surface area contributed by atoms with Gasteiger partial charge >= 0.3 is 6.18 Å². The van der Waals surface area contributed by atoms with Crippen LogP contribution in [-0.4, -0.2) is 30.1 Å². The third-order valence-corrected chi connectivity index (χ3v) is 5.02. The summed E-state index contributed by atoms with van der Waals surface area (Å²) >= 11 is 0. The second-order valence-corrected chi connectivity index (χ2v) is 7.37. The molecule has 2 heterocycles. The van der Waals surface area contributed by atoms with Crippen molar-refractivity contribution in [3.05, 3.63) is 53.7 Å². The number of halogens is 3. The van der Waals surface area contributed by atoms with Crippen LogP contribution in [0, 0.1) is 11.3 Å². The molecule has 1 saturated heterocycles. The molecule has 0 spiro atoms. The molecule has 0 radical (unpaired) electrons. The summed E-state index contributed by atoms with van der Waals surface area (Å²) in [5.41, 5.74) is -0.00216. The highest BCUT2D eigenvalue weighted by molar-refractivity contribution is 5.76. The van der Waals surface area contributed by atoms with Crippen LogP contribution < -0.4 is 15.0 Å². The highest BCUT2D eigenvalue weighted by atomic mass is 19.4. The molecule has 1 aliphatic heterocycles. The molecule has 1 aromatic carbocycles. The number of alkyl halides is 3. The molecule has 0 saturated carbocycles. The number of aromatic nitrogens is 1. The molecule has 1 unspecified atom stereocenters. The second-order valence-electron chi connectivity index (χ2n) is 7.37. The Morgan fingerprint density at radius 3 is 2.74 bits per heavy atom. The van der Waals surface area contributed by atoms with E-state index in [-0.39, 0.29) is 36.7 Å². The third-order valence-electron chi connectivity index (χ3n) is 5.02. The third kappa shape index (κ3) is 6.10. The number of nitriles is 1. The molecule has 1 amide bonds. The number of rotatable bonds is 7. The van der Waals surface area contributed by atoms with Gasteiger partial charge < -0.3 is 15.0 Å². The Morgan fingerprint density at radius 2 is 2.06 bits per heavy atom. The van der Waals surface area contributed by atoms with Gasteiger partial charge in [-0.1, -0.05) is 18.2 Å². The quantitative estimate of drug-likeness (QED) is 0.708. The Kier molecular flexibility index (Phi) is 7.00. The molecule has 1 N–H and O–H groups in total. The average molecular weight is 432 g/mol. The minimum atomic E-state index is -4.47. The molecular formula is C22H23F3N4O2. The van der Waals surface area contributed by atoms with Crippen molar-refractivity contribution in [3.63, 3.8) is 0 Å². The molecule has 164 valence electrons. The van der Waals surface area contributed by atoms with E-state index in [1.54, 1.807) is 23.1 Å². The first-order chi connectivity index (χ1) is 14.8. The van der Waals surface area contributed by atoms with E-state index in [4.69, 9.17) is 10.00 Å². The number of anilines is 1. The minimum absolute atomic E-state index is 0.162. The fourth-order valence-electron chi connectivity index (χ4n) is 3.38. The Balaban J connectivity index is 1.55. The van der Waals surface area contributed by atoms with Gasteiger partial charge in [-0.25, -0.2) is 4.98 Å². The molecule has 9 heteroatoms. The highest BCUT2D eigenvalue weighted by Gasteiger charge is 2.33. The van der Waals surface area contributed by atoms with E-state index in [0.29, 0.717) is 25.3 Å². The molecule has 1 aliphatic rings. The molecule has 6 nitrogen and oxygen atoms in total. The van der Waals surface area contributed by atoms with E-state index in [0.717, 1.165) is 11.6 Å². The SMILES string of the molecule is C[C@H](NC(=O)CCC#N)c1ccc(OC2CCN(c3cccc(C(F)(F)F)n3)C2)cc1. The van der Waals surface area contributed by atoms with Gasteiger partial charge in [0.25, 0.3) is 0 Å². The van der Waals surface area contributed by atoms with Crippen molar-refractivity contribution in [2.24, 2.45) is 0 Å². The van der Waals surface area contributed by atoms with Gasteiger partial charge in [0.15, 0.2) is 0 Å². The maximum absolute atomic E-state index is 12.9. The van der Waals surface area contributed by atoms with Gasteiger partial charge in [-0.05, 0) is 36.8 Å². The lowest BCUT2D eigenvalue weighted by Gasteiger charge is -2.19. The van der Waals surface area contributed by atoms with Gasteiger partial charge in [0.1, 0.15) is 23.4 Å². The van der Waals surface area contributed by atoms with E-state index in [1.165, 1.54) is 6.07 Å². The van der Waals surface area contributed by atoms with E-state index >= 15 is 0 Å². The minimum Gasteiger partial charge on any atom is -0.489 e. The van der Waals surface area contributed by atoms with Crippen molar-refractivity contribution >= 4 is 11.7 Å². The lowest BCUT2D eigenvalue weighted by Crippen LogP contribution is -2.26. The Labute approximate surface area is 178 Å². The van der Waals surface area contributed by atoms with Crippen molar-refractivity contribution in [3.8, 4) is 11.8 Å². The maximum Gasteiger partial charge on any atom is 0.433 e. The molecule has 0 aliphatic carbocycles. The van der Waals surface area contributed by atoms with Crippen LogP contribution in [0.2, 0.25) is 0 Å². The summed E-state index contributed by atoms with van der Waals surface area (Å²) in [6, 6.07) is 12.9. The normalized spacial score (nSPS) is 17.1. The summed E-state index contributed by atoms with van der Waals surface area (Å²) in [6.45, 7) is 2.86. The number of amides is 1. The summed E-state index contributed by atoms with van der Waals surface area (Å²) in [4.78, 5) is 17.3. The summed E-state index contributed by atoms with van der Waals surface area (Å²) in [7, 11) is 0. The van der Waals surface area contributed by atoms with Crippen molar-refractivity contribution in [1.29, 1.82) is 5.26 Å². The zero-order chi connectivity index (χ0) is 22.4. The molecule has 0 bridgehead atoms. The summed E-state index contributed by atoms with van der Waals surface area (Å²) in [6.07, 6.45) is -3.61. The topological polar surface area (TPSA) is 78.2 Å². The van der Waals surface area contributed by atoms with Crippen LogP contribution in [0.25, 0.3) is 0 Å². The number of carbonyl (C=O) groups is 1. The van der Waals surface area contributed by atoms with E-state index in [2.05, 4.69) is 10.3 Å². The van der Waals surface area contributed by atoms with E-state index in [9.17, 15) is 18.0 Å². The fourth-order valence-corrected chi connectivity index (χ4v) is 3.38. The number of hydrogen-bond donors (Lipinski definition) is 1. The summed E-state index contributed by atoms with van der Waals surface area (Å²) in [5, 5.41) is 11.4. The molecule has 1 fully saturated rings. The number of benzene rings is 1. The smallest absolute Gasteiger partial charge is 0.433 e. The van der Waals surface area contributed by atoms with Gasteiger partial charge in [0.2, 0.25) is 5.91 Å². The van der Waals surface area contributed by atoms with Crippen LogP contribution in [0.15, 0.2) is 42.5 Å². The van der Waals surface area contributed by atoms with Crippen LogP contribution >= 0.6 is 0 Å². The summed E-state index contributed by atoms with van der Waals surface area (Å²) in [5.74, 6) is 0.761. The molecular weight excluding hydrogens is 409 g/mol. The standard InChI is InChI=1S/C22H23F3N4O2/c1-15(27-21(30)6-3-12-26)16-7-9-17(10-8-16)31-18-11-13-29(14-18)20-5-2-4-19(28-20)22(23,24)25/h2,4-5,7-10,15,18H,3,6,11,13-14H2,1H3,(H,27,30)/t15-,18?/m0/s1. The van der Waals surface area contributed by atoms with Gasteiger partial charge in [0, 0.05) is 25.8 Å². The number of ether oxygens (including phenoxy) is 1. The number of nitrogens with zero attached hydrogens (tertiary/aromatic N) is 3. The highest BCUT2D eigenvalue weighted by Crippen LogP contribution is 2.30. The van der Waals surface area contributed by atoms with E-state index in [1.807, 2.05) is 25.1 Å². The van der Waals surface area contributed by atoms with Gasteiger partial charge in [-0.3, -0.25) is 4.79 Å². The molecule has 2 aromatic rings. The van der Waals surface area contributed by atoms with Gasteiger partial charge in [0.05, 0.1) is 18.7 Å². The maximum atomic E-state index is 12.9. The second kappa shape index (κ2) is 9.69. The van der Waals surface area contributed by atoms with Crippen LogP contribution in [0.3, 0.4) is 0 Å². The predicted octanol–water partition coefficient (Wildman–Crippen LogP) is 4.24. The lowest BCUT2D eigenvalue weighted by atomic mass is 10.1. The average Bonchev–Trinajstić information content (AvgIpc) is 3.20. The number of hydrogen-bond acceptors (Lipinski definition) is 5. The zero-order valence-electron chi connectivity index (χ0n) is 17.0. The molecule has 1 aromatic heterocycles. The van der Waals surface area contributed by atoms with Crippen molar-refractivity contribution in [2.75, 3.05) is 18.0 Å². The van der Waals surface area contributed by atoms with Crippen LogP contribution in [0.4, 0.5) is 19.0 Å². The van der Waals surface area contributed by atoms with Crippen molar-refractivity contribution < 1.29 is 22.7 Å².